The minimum absolute atomic E-state index is 0.0314. The number of hydrogen-bond acceptors (Lipinski definition) is 3. The highest BCUT2D eigenvalue weighted by molar-refractivity contribution is 6.99. The Labute approximate surface area is 171 Å². The summed E-state index contributed by atoms with van der Waals surface area (Å²) in [6.45, 7) is 9.68. The van der Waals surface area contributed by atoms with Gasteiger partial charge in [0.15, 0.2) is 0 Å². The Bertz CT molecular complexity index is 683. The quantitative estimate of drug-likeness (QED) is 0.459. The van der Waals surface area contributed by atoms with Crippen LogP contribution < -0.4 is 10.4 Å². The molecule has 0 aromatic heterocycles. The van der Waals surface area contributed by atoms with Crippen molar-refractivity contribution < 1.29 is 14.0 Å². The highest BCUT2D eigenvalue weighted by atomic mass is 28.4. The lowest BCUT2D eigenvalue weighted by Gasteiger charge is -2.43. The Morgan fingerprint density at radius 1 is 0.964 bits per heavy atom. The number of carbonyl (C=O) groups is 1. The Balaban J connectivity index is 2.40. The second kappa shape index (κ2) is 10.0. The van der Waals surface area contributed by atoms with Gasteiger partial charge in [0, 0.05) is 13.0 Å². The van der Waals surface area contributed by atoms with E-state index in [-0.39, 0.29) is 11.0 Å². The molecular weight excluding hydrogens is 364 g/mol. The Hall–Kier alpha value is -1.91. The third kappa shape index (κ3) is 5.12. The summed E-state index contributed by atoms with van der Waals surface area (Å²) < 4.78 is 11.8. The fraction of sp³-hybridized carbons (Fsp3) is 0.458. The molecule has 3 nitrogen and oxygen atoms in total. The van der Waals surface area contributed by atoms with Crippen molar-refractivity contribution in [3.63, 3.8) is 0 Å². The van der Waals surface area contributed by atoms with Crippen molar-refractivity contribution in [2.75, 3.05) is 13.7 Å². The summed E-state index contributed by atoms with van der Waals surface area (Å²) in [5.74, 6) is 0.185. The number of rotatable bonds is 9. The maximum absolute atomic E-state index is 11.6. The topological polar surface area (TPSA) is 35.5 Å². The molecule has 0 heterocycles. The predicted molar refractivity (Wildman–Crippen MR) is 119 cm³/mol. The number of carbonyl (C=O) groups excluding carboxylic acids is 1. The van der Waals surface area contributed by atoms with Gasteiger partial charge in [-0.3, -0.25) is 4.79 Å². The summed E-state index contributed by atoms with van der Waals surface area (Å²) in [4.78, 5) is 11.6. The van der Waals surface area contributed by atoms with Crippen molar-refractivity contribution in [2.24, 2.45) is 5.92 Å². The lowest BCUT2D eigenvalue weighted by Crippen LogP contribution is -2.66. The van der Waals surface area contributed by atoms with Crippen molar-refractivity contribution in [3.8, 4) is 0 Å². The van der Waals surface area contributed by atoms with Crippen LogP contribution in [0.25, 0.3) is 0 Å². The molecular formula is C24H34O3Si. The van der Waals surface area contributed by atoms with E-state index in [0.717, 1.165) is 12.8 Å². The molecule has 0 N–H and O–H groups in total. The SMILES string of the molecule is CC[C@H](CCC(=O)OC)CO[Si](c1ccccc1)(c1ccccc1)C(C)(C)C. The predicted octanol–water partition coefficient (Wildman–Crippen LogP) is 4.54. The lowest BCUT2D eigenvalue weighted by molar-refractivity contribution is -0.141. The van der Waals surface area contributed by atoms with Gasteiger partial charge in [0.25, 0.3) is 8.32 Å². The van der Waals surface area contributed by atoms with E-state index < -0.39 is 8.32 Å². The summed E-state index contributed by atoms with van der Waals surface area (Å²) in [6, 6.07) is 21.4. The molecule has 0 amide bonds. The standard InChI is InChI=1S/C24H34O3Si/c1-6-20(17-18-23(25)26-5)19-27-28(24(2,3)4,21-13-9-7-10-14-21)22-15-11-8-12-16-22/h7-16,20H,6,17-19H2,1-5H3/t20-/m1/s1. The maximum atomic E-state index is 11.6. The molecule has 2 rings (SSSR count). The minimum atomic E-state index is -2.51. The van der Waals surface area contributed by atoms with Crippen LogP contribution in [-0.2, 0) is 14.0 Å². The first-order valence-electron chi connectivity index (χ1n) is 10.2. The molecule has 2 aromatic rings. The average molecular weight is 399 g/mol. The third-order valence-corrected chi connectivity index (χ3v) is 10.5. The van der Waals surface area contributed by atoms with Gasteiger partial charge < -0.3 is 9.16 Å². The van der Waals surface area contributed by atoms with Crippen LogP contribution in [0.1, 0.15) is 47.0 Å². The Morgan fingerprint density at radius 2 is 1.46 bits per heavy atom. The molecule has 0 aliphatic heterocycles. The summed E-state index contributed by atoms with van der Waals surface area (Å²) in [6.07, 6.45) is 2.22. The Kier molecular flexibility index (Phi) is 8.02. The fourth-order valence-corrected chi connectivity index (χ4v) is 8.47. The minimum Gasteiger partial charge on any atom is -0.469 e. The second-order valence-electron chi connectivity index (χ2n) is 8.36. The first kappa shape index (κ1) is 22.4. The number of hydrogen-bond donors (Lipinski definition) is 0. The van der Waals surface area contributed by atoms with Crippen molar-refractivity contribution in [1.29, 1.82) is 0 Å². The van der Waals surface area contributed by atoms with Crippen LogP contribution in [-0.4, -0.2) is 28.0 Å². The van der Waals surface area contributed by atoms with Gasteiger partial charge in [0.2, 0.25) is 0 Å². The van der Waals surface area contributed by atoms with Gasteiger partial charge in [-0.2, -0.15) is 0 Å². The Morgan fingerprint density at radius 3 is 1.86 bits per heavy atom. The molecule has 0 saturated heterocycles. The normalized spacial score (nSPS) is 13.2. The molecule has 152 valence electrons. The molecule has 0 fully saturated rings. The van der Waals surface area contributed by atoms with Crippen LogP contribution in [0.4, 0.5) is 0 Å². The average Bonchev–Trinajstić information content (AvgIpc) is 2.71. The van der Waals surface area contributed by atoms with Crippen LogP contribution in [0.3, 0.4) is 0 Å². The van der Waals surface area contributed by atoms with Crippen LogP contribution in [0.15, 0.2) is 60.7 Å². The van der Waals surface area contributed by atoms with Gasteiger partial charge in [0.05, 0.1) is 7.11 Å². The highest BCUT2D eigenvalue weighted by Crippen LogP contribution is 2.37. The van der Waals surface area contributed by atoms with Gasteiger partial charge in [-0.1, -0.05) is 94.8 Å². The molecule has 0 spiro atoms. The molecule has 28 heavy (non-hydrogen) atoms. The lowest BCUT2D eigenvalue weighted by atomic mass is 10.0. The first-order chi connectivity index (χ1) is 13.3. The number of ether oxygens (including phenoxy) is 1. The summed E-state index contributed by atoms with van der Waals surface area (Å²) in [7, 11) is -1.06. The van der Waals surface area contributed by atoms with Crippen LogP contribution in [0.5, 0.6) is 0 Å². The molecule has 0 saturated carbocycles. The van der Waals surface area contributed by atoms with Gasteiger partial charge in [-0.05, 0) is 27.8 Å². The van der Waals surface area contributed by atoms with E-state index >= 15 is 0 Å². The smallest absolute Gasteiger partial charge is 0.305 e. The largest absolute Gasteiger partial charge is 0.469 e. The number of methoxy groups -OCH3 is 1. The number of benzene rings is 2. The van der Waals surface area contributed by atoms with E-state index in [0.29, 0.717) is 18.9 Å². The van der Waals surface area contributed by atoms with Crippen LogP contribution >= 0.6 is 0 Å². The van der Waals surface area contributed by atoms with E-state index in [1.165, 1.54) is 17.5 Å². The van der Waals surface area contributed by atoms with Crippen LogP contribution in [0.2, 0.25) is 5.04 Å². The zero-order valence-electron chi connectivity index (χ0n) is 17.9. The second-order valence-corrected chi connectivity index (χ2v) is 12.7. The van der Waals surface area contributed by atoms with E-state index in [9.17, 15) is 4.79 Å². The van der Waals surface area contributed by atoms with E-state index in [4.69, 9.17) is 9.16 Å². The van der Waals surface area contributed by atoms with E-state index in [2.05, 4.69) is 88.4 Å². The molecule has 0 bridgehead atoms. The zero-order valence-corrected chi connectivity index (χ0v) is 18.9. The monoisotopic (exact) mass is 398 g/mol. The van der Waals surface area contributed by atoms with Gasteiger partial charge >= 0.3 is 5.97 Å². The molecule has 0 radical (unpaired) electrons. The summed E-state index contributed by atoms with van der Waals surface area (Å²) in [5.41, 5.74) is 0. The van der Waals surface area contributed by atoms with Gasteiger partial charge in [-0.15, -0.1) is 0 Å². The summed E-state index contributed by atoms with van der Waals surface area (Å²) in [5, 5.41) is 2.55. The van der Waals surface area contributed by atoms with Crippen molar-refractivity contribution in [3.05, 3.63) is 60.7 Å². The molecule has 0 aliphatic rings. The number of esters is 1. The third-order valence-electron chi connectivity index (χ3n) is 5.51. The molecule has 0 aliphatic carbocycles. The van der Waals surface area contributed by atoms with Crippen molar-refractivity contribution >= 4 is 24.7 Å². The molecule has 1 atom stereocenters. The van der Waals surface area contributed by atoms with E-state index in [1.54, 1.807) is 0 Å². The van der Waals surface area contributed by atoms with Crippen molar-refractivity contribution in [1.82, 2.24) is 0 Å². The first-order valence-corrected chi connectivity index (χ1v) is 12.1. The zero-order chi connectivity index (χ0) is 20.6. The van der Waals surface area contributed by atoms with Crippen molar-refractivity contribution in [2.45, 2.75) is 52.0 Å². The molecule has 4 heteroatoms. The van der Waals surface area contributed by atoms with Gasteiger partial charge in [0.1, 0.15) is 0 Å². The highest BCUT2D eigenvalue weighted by Gasteiger charge is 2.50. The van der Waals surface area contributed by atoms with Crippen LogP contribution in [0, 0.1) is 5.92 Å². The van der Waals surface area contributed by atoms with E-state index in [1.807, 2.05) is 0 Å². The fourth-order valence-electron chi connectivity index (χ4n) is 3.83. The summed E-state index contributed by atoms with van der Waals surface area (Å²) >= 11 is 0. The molecule has 0 unspecified atom stereocenters. The molecule has 2 aromatic carbocycles. The maximum Gasteiger partial charge on any atom is 0.305 e. The van der Waals surface area contributed by atoms with Gasteiger partial charge in [-0.25, -0.2) is 0 Å².